The molecule has 7 nitrogen and oxygen atoms in total. The highest BCUT2D eigenvalue weighted by molar-refractivity contribution is 7.13. The number of hydrogen-bond acceptors (Lipinski definition) is 6. The standard InChI is InChI=1S/C21H16ClN3O4S/c22-14-8-9-17(28-15-5-2-1-3-6-15)16(13-14)23-19(26)10-11-25-21(27)29-20(24-25)18-7-4-12-30-18/h1-9,12-13H,10-11H2,(H,23,26). The number of nitrogens with one attached hydrogen (secondary N) is 1. The van der Waals surface area contributed by atoms with Crippen LogP contribution in [0.25, 0.3) is 10.8 Å². The van der Waals surface area contributed by atoms with Gasteiger partial charge in [0.15, 0.2) is 5.75 Å². The summed E-state index contributed by atoms with van der Waals surface area (Å²) in [5.41, 5.74) is 0.433. The zero-order valence-corrected chi connectivity index (χ0v) is 17.2. The van der Waals surface area contributed by atoms with Crippen molar-refractivity contribution in [3.05, 3.63) is 81.6 Å². The van der Waals surface area contributed by atoms with Gasteiger partial charge in [0.05, 0.1) is 17.1 Å². The van der Waals surface area contributed by atoms with Crippen molar-refractivity contribution in [1.29, 1.82) is 0 Å². The van der Waals surface area contributed by atoms with Gasteiger partial charge < -0.3 is 14.5 Å². The molecular formula is C21H16ClN3O4S. The summed E-state index contributed by atoms with van der Waals surface area (Å²) in [5.74, 6) is 0.400. The third-order valence-electron chi connectivity index (χ3n) is 4.08. The molecule has 0 aliphatic rings. The minimum absolute atomic E-state index is 0.0214. The predicted molar refractivity (Wildman–Crippen MR) is 115 cm³/mol. The molecule has 2 aromatic heterocycles. The monoisotopic (exact) mass is 441 g/mol. The van der Waals surface area contributed by atoms with E-state index in [1.54, 1.807) is 24.3 Å². The Hall–Kier alpha value is -3.36. The van der Waals surface area contributed by atoms with Crippen LogP contribution in [0.3, 0.4) is 0 Å². The molecule has 0 aliphatic carbocycles. The van der Waals surface area contributed by atoms with E-state index in [1.807, 2.05) is 41.8 Å². The van der Waals surface area contributed by atoms with Crippen molar-refractivity contribution in [1.82, 2.24) is 9.78 Å². The summed E-state index contributed by atoms with van der Waals surface area (Å²) in [6, 6.07) is 17.8. The molecule has 2 aromatic carbocycles. The van der Waals surface area contributed by atoms with E-state index in [0.717, 1.165) is 9.56 Å². The van der Waals surface area contributed by atoms with Crippen LogP contribution >= 0.6 is 22.9 Å². The fourth-order valence-electron chi connectivity index (χ4n) is 2.67. The van der Waals surface area contributed by atoms with E-state index in [1.165, 1.54) is 11.3 Å². The van der Waals surface area contributed by atoms with Crippen molar-refractivity contribution < 1.29 is 13.9 Å². The average molecular weight is 442 g/mol. The van der Waals surface area contributed by atoms with Crippen LogP contribution in [0.5, 0.6) is 11.5 Å². The molecule has 152 valence electrons. The Morgan fingerprint density at radius 3 is 2.77 bits per heavy atom. The predicted octanol–water partition coefficient (Wildman–Crippen LogP) is 5.04. The number of anilines is 1. The van der Waals surface area contributed by atoms with Crippen LogP contribution < -0.4 is 15.8 Å². The number of halogens is 1. The molecule has 0 saturated carbocycles. The first-order chi connectivity index (χ1) is 14.6. The molecule has 0 atom stereocenters. The van der Waals surface area contributed by atoms with Crippen LogP contribution in [0, 0.1) is 0 Å². The first-order valence-corrected chi connectivity index (χ1v) is 10.3. The number of carbonyl (C=O) groups excluding carboxylic acids is 1. The first kappa shape index (κ1) is 19.9. The van der Waals surface area contributed by atoms with E-state index in [0.29, 0.717) is 22.2 Å². The Morgan fingerprint density at radius 1 is 1.17 bits per heavy atom. The van der Waals surface area contributed by atoms with Gasteiger partial charge in [-0.05, 0) is 41.8 Å². The normalized spacial score (nSPS) is 10.7. The fraction of sp³-hybridized carbons (Fsp3) is 0.0952. The highest BCUT2D eigenvalue weighted by Crippen LogP contribution is 2.32. The van der Waals surface area contributed by atoms with E-state index >= 15 is 0 Å². The van der Waals surface area contributed by atoms with E-state index < -0.39 is 5.76 Å². The molecule has 0 unspecified atom stereocenters. The van der Waals surface area contributed by atoms with Crippen LogP contribution in [0.4, 0.5) is 5.69 Å². The van der Waals surface area contributed by atoms with Crippen molar-refractivity contribution >= 4 is 34.5 Å². The maximum absolute atomic E-state index is 12.5. The Kier molecular flexibility index (Phi) is 5.97. The second-order valence-electron chi connectivity index (χ2n) is 6.23. The lowest BCUT2D eigenvalue weighted by atomic mass is 10.2. The number of para-hydroxylation sites is 1. The lowest BCUT2D eigenvalue weighted by Gasteiger charge is -2.12. The summed E-state index contributed by atoms with van der Waals surface area (Å²) in [6.45, 7) is 0.0784. The molecule has 0 fully saturated rings. The highest BCUT2D eigenvalue weighted by atomic mass is 35.5. The second-order valence-corrected chi connectivity index (χ2v) is 7.61. The summed E-state index contributed by atoms with van der Waals surface area (Å²) in [6.07, 6.45) is 0.0214. The molecule has 1 amide bonds. The number of ether oxygens (including phenoxy) is 1. The third-order valence-corrected chi connectivity index (χ3v) is 5.17. The van der Waals surface area contributed by atoms with Crippen molar-refractivity contribution in [3.8, 4) is 22.3 Å². The summed E-state index contributed by atoms with van der Waals surface area (Å²) in [4.78, 5) is 25.2. The van der Waals surface area contributed by atoms with Crippen LogP contribution in [0.1, 0.15) is 6.42 Å². The van der Waals surface area contributed by atoms with Crippen molar-refractivity contribution in [2.45, 2.75) is 13.0 Å². The van der Waals surface area contributed by atoms with Crippen molar-refractivity contribution in [3.63, 3.8) is 0 Å². The number of carbonyl (C=O) groups is 1. The van der Waals surface area contributed by atoms with Gasteiger partial charge in [-0.1, -0.05) is 35.9 Å². The van der Waals surface area contributed by atoms with Crippen molar-refractivity contribution in [2.75, 3.05) is 5.32 Å². The largest absolute Gasteiger partial charge is 0.455 e. The van der Waals surface area contributed by atoms with Gasteiger partial charge in [0.1, 0.15) is 5.75 Å². The number of nitrogens with zero attached hydrogens (tertiary/aromatic N) is 2. The van der Waals surface area contributed by atoms with Crippen LogP contribution in [0.15, 0.2) is 75.3 Å². The maximum Gasteiger partial charge on any atom is 0.437 e. The number of amides is 1. The fourth-order valence-corrected chi connectivity index (χ4v) is 3.49. The SMILES string of the molecule is O=C(CCn1nc(-c2cccs2)oc1=O)Nc1cc(Cl)ccc1Oc1ccccc1. The first-order valence-electron chi connectivity index (χ1n) is 9.02. The molecule has 1 N–H and O–H groups in total. The number of aromatic nitrogens is 2. The van der Waals surface area contributed by atoms with E-state index in [9.17, 15) is 9.59 Å². The smallest absolute Gasteiger partial charge is 0.437 e. The van der Waals surface area contributed by atoms with Gasteiger partial charge in [-0.2, -0.15) is 4.68 Å². The number of hydrogen-bond donors (Lipinski definition) is 1. The van der Waals surface area contributed by atoms with E-state index in [2.05, 4.69) is 10.4 Å². The molecule has 0 spiro atoms. The maximum atomic E-state index is 12.5. The van der Waals surface area contributed by atoms with Gasteiger partial charge in [0.25, 0.3) is 5.89 Å². The Balaban J connectivity index is 1.43. The topological polar surface area (TPSA) is 86.4 Å². The molecule has 9 heteroatoms. The van der Waals surface area contributed by atoms with Gasteiger partial charge in [-0.25, -0.2) is 4.79 Å². The Bertz CT molecular complexity index is 1200. The van der Waals surface area contributed by atoms with Gasteiger partial charge in [0, 0.05) is 11.4 Å². The van der Waals surface area contributed by atoms with Crippen LogP contribution in [-0.2, 0) is 11.3 Å². The van der Waals surface area contributed by atoms with Gasteiger partial charge in [0.2, 0.25) is 5.91 Å². The summed E-state index contributed by atoms with van der Waals surface area (Å²) < 4.78 is 12.1. The average Bonchev–Trinajstić information content (AvgIpc) is 3.39. The molecule has 30 heavy (non-hydrogen) atoms. The number of benzene rings is 2. The van der Waals surface area contributed by atoms with Gasteiger partial charge in [-0.3, -0.25) is 4.79 Å². The third kappa shape index (κ3) is 4.79. The number of rotatable bonds is 7. The van der Waals surface area contributed by atoms with Crippen LogP contribution in [0.2, 0.25) is 5.02 Å². The molecule has 0 saturated heterocycles. The molecular weight excluding hydrogens is 426 g/mol. The lowest BCUT2D eigenvalue weighted by molar-refractivity contribution is -0.116. The molecule has 2 heterocycles. The quantitative estimate of drug-likeness (QED) is 0.434. The Morgan fingerprint density at radius 2 is 2.00 bits per heavy atom. The second kappa shape index (κ2) is 8.98. The molecule has 4 aromatic rings. The van der Waals surface area contributed by atoms with Gasteiger partial charge >= 0.3 is 5.76 Å². The summed E-state index contributed by atoms with van der Waals surface area (Å²) >= 11 is 7.49. The lowest BCUT2D eigenvalue weighted by Crippen LogP contribution is -2.21. The minimum Gasteiger partial charge on any atom is -0.455 e. The van der Waals surface area contributed by atoms with E-state index in [-0.39, 0.29) is 24.8 Å². The van der Waals surface area contributed by atoms with Gasteiger partial charge in [-0.15, -0.1) is 16.4 Å². The van der Waals surface area contributed by atoms with E-state index in [4.69, 9.17) is 20.8 Å². The summed E-state index contributed by atoms with van der Waals surface area (Å²) in [7, 11) is 0. The minimum atomic E-state index is -0.609. The molecule has 0 radical (unpaired) electrons. The molecule has 0 aliphatic heterocycles. The molecule has 4 rings (SSSR count). The number of aryl methyl sites for hydroxylation is 1. The summed E-state index contributed by atoms with van der Waals surface area (Å²) in [5, 5.41) is 9.24. The zero-order chi connectivity index (χ0) is 20.9. The van der Waals surface area contributed by atoms with Crippen molar-refractivity contribution in [2.24, 2.45) is 0 Å². The molecule has 0 bridgehead atoms. The number of thiophene rings is 1. The van der Waals surface area contributed by atoms with Crippen LogP contribution in [-0.4, -0.2) is 15.7 Å². The Labute approximate surface area is 180 Å². The zero-order valence-electron chi connectivity index (χ0n) is 15.6. The highest BCUT2D eigenvalue weighted by Gasteiger charge is 2.14.